The lowest BCUT2D eigenvalue weighted by atomic mass is 10.2. The van der Waals surface area contributed by atoms with Crippen LogP contribution in [0.2, 0.25) is 0 Å². The van der Waals surface area contributed by atoms with Gasteiger partial charge >= 0.3 is 5.97 Å². The highest BCUT2D eigenvalue weighted by Crippen LogP contribution is 2.25. The topological polar surface area (TPSA) is 95.6 Å². The van der Waals surface area contributed by atoms with E-state index in [1.807, 2.05) is 13.0 Å². The molecule has 1 aromatic rings. The van der Waals surface area contributed by atoms with E-state index in [1.165, 1.54) is 7.11 Å². The second-order valence-corrected chi connectivity index (χ2v) is 4.53. The molecule has 0 bridgehead atoms. The highest BCUT2D eigenvalue weighted by atomic mass is 16.5. The number of esters is 1. The van der Waals surface area contributed by atoms with Crippen molar-refractivity contribution in [2.24, 2.45) is 0 Å². The van der Waals surface area contributed by atoms with Crippen molar-refractivity contribution in [3.05, 3.63) is 16.9 Å². The quantitative estimate of drug-likeness (QED) is 0.792. The smallest absolute Gasteiger partial charge is 0.319 e. The number of anilines is 1. The number of likely N-dealkylation sites (N-methyl/N-ethyl adjacent to an activating group) is 1. The molecule has 0 unspecified atom stereocenters. The zero-order valence-corrected chi connectivity index (χ0v) is 12.6. The largest absolute Gasteiger partial charge is 0.468 e. The summed E-state index contributed by atoms with van der Waals surface area (Å²) in [5.74, 6) is -0.0339. The maximum absolute atomic E-state index is 12.0. The van der Waals surface area contributed by atoms with Crippen molar-refractivity contribution in [1.29, 1.82) is 5.26 Å². The number of aryl methyl sites for hydroxylation is 1. The Kier molecular flexibility index (Phi) is 5.93. The van der Waals surface area contributed by atoms with E-state index in [9.17, 15) is 9.59 Å². The summed E-state index contributed by atoms with van der Waals surface area (Å²) in [6.07, 6.45) is 0. The predicted octanol–water partition coefficient (Wildman–Crippen LogP) is 1.20. The number of nitriles is 1. The van der Waals surface area contributed by atoms with Gasteiger partial charge in [-0.1, -0.05) is 6.92 Å². The van der Waals surface area contributed by atoms with E-state index in [-0.39, 0.29) is 24.9 Å². The molecule has 0 aliphatic carbocycles. The van der Waals surface area contributed by atoms with Crippen LogP contribution in [0.5, 0.6) is 0 Å². The Bertz CT molecular complexity index is 572. The first-order valence-electron chi connectivity index (χ1n) is 6.52. The number of furan rings is 1. The summed E-state index contributed by atoms with van der Waals surface area (Å²) in [5.41, 5.74) is 1.02. The van der Waals surface area contributed by atoms with Gasteiger partial charge in [-0.2, -0.15) is 5.26 Å². The molecule has 0 aromatic carbocycles. The first kappa shape index (κ1) is 16.7. The van der Waals surface area contributed by atoms with E-state index in [2.05, 4.69) is 10.1 Å². The average Bonchev–Trinajstić information content (AvgIpc) is 2.71. The number of rotatable bonds is 6. The molecular formula is C14H19N3O4. The van der Waals surface area contributed by atoms with Gasteiger partial charge in [0.25, 0.3) is 0 Å². The number of carbonyl (C=O) groups is 2. The third kappa shape index (κ3) is 4.33. The van der Waals surface area contributed by atoms with E-state index >= 15 is 0 Å². The summed E-state index contributed by atoms with van der Waals surface area (Å²) < 4.78 is 9.92. The van der Waals surface area contributed by atoms with Gasteiger partial charge in [-0.15, -0.1) is 0 Å². The van der Waals surface area contributed by atoms with Gasteiger partial charge in [0.2, 0.25) is 11.8 Å². The minimum Gasteiger partial charge on any atom is -0.468 e. The van der Waals surface area contributed by atoms with Crippen LogP contribution in [-0.2, 0) is 14.3 Å². The van der Waals surface area contributed by atoms with Crippen LogP contribution in [0.1, 0.15) is 23.8 Å². The van der Waals surface area contributed by atoms with Crippen molar-refractivity contribution in [2.75, 3.05) is 32.1 Å². The van der Waals surface area contributed by atoms with E-state index < -0.39 is 5.97 Å². The third-order valence-corrected chi connectivity index (χ3v) is 3.14. The fourth-order valence-corrected chi connectivity index (χ4v) is 1.75. The summed E-state index contributed by atoms with van der Waals surface area (Å²) in [7, 11) is 1.30. The van der Waals surface area contributed by atoms with Gasteiger partial charge in [-0.05, 0) is 20.4 Å². The van der Waals surface area contributed by atoms with E-state index in [0.717, 1.165) is 0 Å². The van der Waals surface area contributed by atoms with Gasteiger partial charge in [0, 0.05) is 5.56 Å². The molecule has 0 aliphatic rings. The van der Waals surface area contributed by atoms with Gasteiger partial charge in [0.05, 0.1) is 20.2 Å². The summed E-state index contributed by atoms with van der Waals surface area (Å²) in [5, 5.41) is 11.6. The third-order valence-electron chi connectivity index (χ3n) is 3.14. The number of amides is 1. The van der Waals surface area contributed by atoms with Crippen molar-refractivity contribution in [3.8, 4) is 6.07 Å². The Balaban J connectivity index is 2.71. The minimum absolute atomic E-state index is 0.00919. The zero-order valence-electron chi connectivity index (χ0n) is 12.6. The Hall–Kier alpha value is -2.33. The van der Waals surface area contributed by atoms with Crippen molar-refractivity contribution in [3.63, 3.8) is 0 Å². The average molecular weight is 293 g/mol. The number of nitrogens with zero attached hydrogens (tertiary/aromatic N) is 2. The van der Waals surface area contributed by atoms with Crippen molar-refractivity contribution in [2.45, 2.75) is 20.8 Å². The predicted molar refractivity (Wildman–Crippen MR) is 75.7 cm³/mol. The van der Waals surface area contributed by atoms with E-state index in [4.69, 9.17) is 9.68 Å². The van der Waals surface area contributed by atoms with Crippen molar-refractivity contribution < 1.29 is 18.7 Å². The Morgan fingerprint density at radius 3 is 2.57 bits per heavy atom. The number of carbonyl (C=O) groups excluding carboxylic acids is 2. The Labute approximate surface area is 123 Å². The second-order valence-electron chi connectivity index (χ2n) is 4.53. The van der Waals surface area contributed by atoms with E-state index in [0.29, 0.717) is 23.4 Å². The van der Waals surface area contributed by atoms with Crippen LogP contribution in [0.25, 0.3) is 0 Å². The molecule has 0 aliphatic heterocycles. The number of ether oxygens (including phenoxy) is 1. The molecule has 0 atom stereocenters. The molecule has 0 saturated heterocycles. The summed E-state index contributed by atoms with van der Waals surface area (Å²) in [6.45, 7) is 5.86. The Morgan fingerprint density at radius 2 is 2.05 bits per heavy atom. The summed E-state index contributed by atoms with van der Waals surface area (Å²) in [4.78, 5) is 24.8. The molecule has 21 heavy (non-hydrogen) atoms. The fraction of sp³-hybridized carbons (Fsp3) is 0.500. The van der Waals surface area contributed by atoms with Crippen LogP contribution >= 0.6 is 0 Å². The molecule has 114 valence electrons. The van der Waals surface area contributed by atoms with Crippen LogP contribution in [0, 0.1) is 25.2 Å². The molecule has 7 heteroatoms. The SMILES string of the molecule is CCN(CC(=O)Nc1oc(C)c(C)c1C#N)CC(=O)OC. The van der Waals surface area contributed by atoms with Crippen LogP contribution in [-0.4, -0.2) is 43.5 Å². The normalized spacial score (nSPS) is 10.3. The van der Waals surface area contributed by atoms with Crippen molar-refractivity contribution in [1.82, 2.24) is 4.90 Å². The first-order chi connectivity index (χ1) is 9.92. The van der Waals surface area contributed by atoms with Crippen LogP contribution in [0.3, 0.4) is 0 Å². The maximum atomic E-state index is 12.0. The Morgan fingerprint density at radius 1 is 1.38 bits per heavy atom. The van der Waals surface area contributed by atoms with Gasteiger partial charge in [-0.3, -0.25) is 19.8 Å². The lowest BCUT2D eigenvalue weighted by Crippen LogP contribution is -2.37. The minimum atomic E-state index is -0.410. The molecule has 0 fully saturated rings. The molecular weight excluding hydrogens is 274 g/mol. The van der Waals surface area contributed by atoms with Crippen molar-refractivity contribution >= 4 is 17.8 Å². The fourth-order valence-electron chi connectivity index (χ4n) is 1.75. The number of hydrogen-bond donors (Lipinski definition) is 1. The second kappa shape index (κ2) is 7.45. The highest BCUT2D eigenvalue weighted by Gasteiger charge is 2.18. The molecule has 0 saturated carbocycles. The van der Waals surface area contributed by atoms with Gasteiger partial charge in [-0.25, -0.2) is 0 Å². The molecule has 0 spiro atoms. The van der Waals surface area contributed by atoms with Gasteiger partial charge < -0.3 is 9.15 Å². The highest BCUT2D eigenvalue weighted by molar-refractivity contribution is 5.92. The summed E-state index contributed by atoms with van der Waals surface area (Å²) in [6, 6.07) is 2.00. The number of hydrogen-bond acceptors (Lipinski definition) is 6. The number of methoxy groups -OCH3 is 1. The number of nitrogens with one attached hydrogen (secondary N) is 1. The first-order valence-corrected chi connectivity index (χ1v) is 6.52. The standard InChI is InChI=1S/C14H19N3O4/c1-5-17(8-13(19)20-4)7-12(18)16-14-11(6-15)9(2)10(3)21-14/h5,7-8H2,1-4H3,(H,16,18). The lowest BCUT2D eigenvalue weighted by molar-refractivity contribution is -0.142. The molecule has 0 radical (unpaired) electrons. The molecule has 1 N–H and O–H groups in total. The van der Waals surface area contributed by atoms with Crippen LogP contribution in [0.4, 0.5) is 5.88 Å². The maximum Gasteiger partial charge on any atom is 0.319 e. The monoisotopic (exact) mass is 293 g/mol. The van der Waals surface area contributed by atoms with Gasteiger partial charge in [0.1, 0.15) is 17.4 Å². The van der Waals surface area contributed by atoms with Crippen LogP contribution < -0.4 is 5.32 Å². The lowest BCUT2D eigenvalue weighted by Gasteiger charge is -2.17. The van der Waals surface area contributed by atoms with E-state index in [1.54, 1.807) is 18.7 Å². The van der Waals surface area contributed by atoms with Gasteiger partial charge in [0.15, 0.2) is 0 Å². The molecule has 1 heterocycles. The molecule has 1 rings (SSSR count). The molecule has 1 amide bonds. The summed E-state index contributed by atoms with van der Waals surface area (Å²) >= 11 is 0. The molecule has 7 nitrogen and oxygen atoms in total. The van der Waals surface area contributed by atoms with Crippen LogP contribution in [0.15, 0.2) is 4.42 Å². The molecule has 1 aromatic heterocycles. The zero-order chi connectivity index (χ0) is 16.0.